The van der Waals surface area contributed by atoms with Gasteiger partial charge in [-0.05, 0) is 164 Å². The molecule has 472 valence electrons. The molecular formula is C68H94N6O11SSi. The fourth-order valence-corrected chi connectivity index (χ4v) is 21.4. The number of carboxylic acids is 2. The summed E-state index contributed by atoms with van der Waals surface area (Å²) in [5.41, 5.74) is 3.23. The first-order valence-corrected chi connectivity index (χ1v) is 34.6. The van der Waals surface area contributed by atoms with Crippen LogP contribution in [0, 0.1) is 28.6 Å². The molecule has 5 aliphatic rings. The number of aryl methyl sites for hydroxylation is 1. The van der Waals surface area contributed by atoms with Gasteiger partial charge in [0.2, 0.25) is 0 Å². The second-order valence-corrected chi connectivity index (χ2v) is 35.4. The second-order valence-electron chi connectivity index (χ2n) is 29.3. The summed E-state index contributed by atoms with van der Waals surface area (Å²) in [6.07, 6.45) is 9.70. The highest BCUT2D eigenvalue weighted by Crippen LogP contribution is 2.72. The Balaban J connectivity index is 0.786. The number of carbonyl (C=O) groups excluding carboxylic acids is 1. The molecule has 4 saturated carbocycles. The lowest BCUT2D eigenvalue weighted by atomic mass is 9.39. The second kappa shape index (κ2) is 25.1. The first-order valence-electron chi connectivity index (χ1n) is 31.1. The normalized spacial score (nSPS) is 22.1. The van der Waals surface area contributed by atoms with E-state index in [1.54, 1.807) is 25.4 Å². The molecule has 19 heteroatoms. The number of aromatic carboxylic acids is 2. The third kappa shape index (κ3) is 15.0. The van der Waals surface area contributed by atoms with E-state index in [4.69, 9.17) is 28.2 Å². The fourth-order valence-electron chi connectivity index (χ4n) is 15.8. The Kier molecular flexibility index (Phi) is 18.9. The smallest absolute Gasteiger partial charge is 0.410 e. The minimum absolute atomic E-state index is 0.0522. The van der Waals surface area contributed by atoms with E-state index in [1.165, 1.54) is 15.3 Å². The number of pyridine rings is 1. The predicted octanol–water partition coefficient (Wildman–Crippen LogP) is 11.1. The number of fused-ring (bicyclic) bond motifs is 1. The minimum atomic E-state index is -3.81. The summed E-state index contributed by atoms with van der Waals surface area (Å²) in [6.45, 7) is 26.6. The van der Waals surface area contributed by atoms with Gasteiger partial charge in [0.05, 0.1) is 36.3 Å². The van der Waals surface area contributed by atoms with Crippen molar-refractivity contribution < 1.29 is 51.1 Å². The Morgan fingerprint density at radius 2 is 1.46 bits per heavy atom. The summed E-state index contributed by atoms with van der Waals surface area (Å²) < 4.78 is 53.9. The van der Waals surface area contributed by atoms with E-state index in [9.17, 15) is 33.0 Å². The number of amides is 1. The third-order valence-electron chi connectivity index (χ3n) is 18.6. The monoisotopic (exact) mass is 1230 g/mol. The summed E-state index contributed by atoms with van der Waals surface area (Å²) in [5, 5.41) is 31.6. The van der Waals surface area contributed by atoms with Crippen molar-refractivity contribution in [3.63, 3.8) is 0 Å². The van der Waals surface area contributed by atoms with E-state index in [1.807, 2.05) is 69.3 Å². The number of nitrogens with one attached hydrogen (secondary N) is 1. The van der Waals surface area contributed by atoms with E-state index >= 15 is 0 Å². The number of hydrogen-bond donors (Lipinski definition) is 3. The molecule has 3 heterocycles. The molecule has 5 aromatic rings. The van der Waals surface area contributed by atoms with Gasteiger partial charge in [-0.1, -0.05) is 115 Å². The quantitative estimate of drug-likeness (QED) is 0.0267. The number of ether oxygens (including phenoxy) is 2. The fraction of sp³-hybridized carbons (Fsp3) is 0.574. The van der Waals surface area contributed by atoms with Gasteiger partial charge in [0.1, 0.15) is 11.4 Å². The highest BCUT2D eigenvalue weighted by molar-refractivity contribution is 7.86. The summed E-state index contributed by atoms with van der Waals surface area (Å²) in [6, 6.07) is 28.4. The van der Waals surface area contributed by atoms with Crippen molar-refractivity contribution in [2.75, 3.05) is 63.7 Å². The third-order valence-corrected chi connectivity index (χ3v) is 24.8. The summed E-state index contributed by atoms with van der Waals surface area (Å²) in [5.74, 6) is -1.91. The number of anilines is 1. The summed E-state index contributed by atoms with van der Waals surface area (Å²) in [4.78, 5) is 46.5. The molecule has 17 nitrogen and oxygen atoms in total. The molecule has 4 aliphatic carbocycles. The van der Waals surface area contributed by atoms with Crippen LogP contribution in [0.1, 0.15) is 164 Å². The maximum Gasteiger partial charge on any atom is 0.410 e. The average molecular weight is 1230 g/mol. The number of hydrogen-bond acceptors (Lipinski definition) is 13. The number of benzene rings is 3. The van der Waals surface area contributed by atoms with E-state index in [0.717, 1.165) is 55.3 Å². The summed E-state index contributed by atoms with van der Waals surface area (Å²) >= 11 is 0. The van der Waals surface area contributed by atoms with Crippen molar-refractivity contribution in [3.05, 3.63) is 125 Å². The van der Waals surface area contributed by atoms with E-state index < -0.39 is 47.5 Å². The molecule has 10 rings (SSSR count). The van der Waals surface area contributed by atoms with Crippen molar-refractivity contribution in [2.24, 2.45) is 21.7 Å². The number of aromatic nitrogens is 3. The Morgan fingerprint density at radius 1 is 0.805 bits per heavy atom. The zero-order valence-corrected chi connectivity index (χ0v) is 55.3. The van der Waals surface area contributed by atoms with Crippen LogP contribution in [-0.4, -0.2) is 135 Å². The molecule has 0 saturated heterocycles. The SMILES string of the molecule is Cc1c(-c2ccc(N3CCc4cc(CCCN(C)C(=O)OC(C)(C)C)cc(C(=O)O)c4C3)nc2C(=O)O)cnn1CC12CC3(C)CC(C)(C1)CC(OCCNCCS(=O)(=O)OCC(C)(C)CCO[Si](c1ccccc1)(c1ccccc1)C(C)(C)C)(C3)C2. The number of rotatable bonds is 26. The molecule has 87 heavy (non-hydrogen) atoms. The van der Waals surface area contributed by atoms with Gasteiger partial charge >= 0.3 is 18.0 Å². The van der Waals surface area contributed by atoms with Gasteiger partial charge in [-0.15, -0.1) is 0 Å². The molecular weight excluding hydrogens is 1140 g/mol. The van der Waals surface area contributed by atoms with Gasteiger partial charge < -0.3 is 39.2 Å². The van der Waals surface area contributed by atoms with Crippen LogP contribution in [0.5, 0.6) is 0 Å². The Bertz CT molecular complexity index is 3360. The van der Waals surface area contributed by atoms with Crippen molar-refractivity contribution in [1.29, 1.82) is 0 Å². The van der Waals surface area contributed by atoms with Gasteiger partial charge in [0, 0.05) is 69.7 Å². The van der Waals surface area contributed by atoms with Crippen molar-refractivity contribution in [1.82, 2.24) is 25.0 Å². The van der Waals surface area contributed by atoms with Gasteiger partial charge in [0.25, 0.3) is 18.4 Å². The zero-order chi connectivity index (χ0) is 63.0. The molecule has 3 aromatic carbocycles. The largest absolute Gasteiger partial charge is 0.478 e. The molecule has 3 N–H and O–H groups in total. The van der Waals surface area contributed by atoms with Gasteiger partial charge in [0.15, 0.2) is 5.69 Å². The standard InChI is InChI=1S/C68H94N6O11SSi/c1-48-55(53-25-26-57(71-58(53)60(77)78)73-32-27-50-36-49(37-54(59(75)76)56(50)39-73)20-19-31-72(12)61(79)85-62(2,3)4)38-70-74(48)46-67-41-65(10)40-66(11,42-67)44-68(43-65,45-67)82-34-29-69-30-35-86(80,81)83-47-64(8,9)28-33-84-87(63(5,6)7,51-21-15-13-16-22-51)52-23-17-14-18-24-52/h13-18,21-26,36-38,69H,19-20,27-35,39-47H2,1-12H3,(H,75,76)(H,77,78). The zero-order valence-electron chi connectivity index (χ0n) is 53.5. The van der Waals surface area contributed by atoms with Crippen molar-refractivity contribution in [2.45, 2.75) is 170 Å². The predicted molar refractivity (Wildman–Crippen MR) is 342 cm³/mol. The summed E-state index contributed by atoms with van der Waals surface area (Å²) in [7, 11) is -4.86. The Morgan fingerprint density at radius 3 is 2.07 bits per heavy atom. The van der Waals surface area contributed by atoms with Crippen molar-refractivity contribution in [3.8, 4) is 11.1 Å². The van der Waals surface area contributed by atoms with Crippen LogP contribution in [-0.2, 0) is 54.1 Å². The number of nitrogens with zero attached hydrogens (tertiary/aromatic N) is 5. The lowest BCUT2D eigenvalue weighted by Crippen LogP contribution is -2.66. The van der Waals surface area contributed by atoms with Crippen LogP contribution >= 0.6 is 0 Å². The first kappa shape index (κ1) is 65.5. The van der Waals surface area contributed by atoms with E-state index in [0.29, 0.717) is 87.6 Å². The Hall–Kier alpha value is -5.96. The van der Waals surface area contributed by atoms with E-state index in [2.05, 4.69) is 94.5 Å². The average Bonchev–Trinajstić information content (AvgIpc) is 0.982. The lowest BCUT2D eigenvalue weighted by molar-refractivity contribution is -0.247. The molecule has 4 bridgehead atoms. The highest BCUT2D eigenvalue weighted by Gasteiger charge is 2.66. The maximum absolute atomic E-state index is 13.3. The first-order chi connectivity index (χ1) is 40.8. The number of carbonyl (C=O) groups is 3. The molecule has 1 amide bonds. The van der Waals surface area contributed by atoms with Crippen LogP contribution in [0.25, 0.3) is 11.1 Å². The van der Waals surface area contributed by atoms with E-state index in [-0.39, 0.29) is 63.6 Å². The number of carboxylic acid groups (broad SMARTS) is 2. The molecule has 4 fully saturated rings. The molecule has 2 atom stereocenters. The molecule has 0 spiro atoms. The van der Waals surface area contributed by atoms with Crippen LogP contribution in [0.3, 0.4) is 0 Å². The maximum atomic E-state index is 13.3. The van der Waals surface area contributed by atoms with Crippen LogP contribution < -0.4 is 20.6 Å². The highest BCUT2D eigenvalue weighted by atomic mass is 32.2. The van der Waals surface area contributed by atoms with Gasteiger partial charge in [-0.25, -0.2) is 19.4 Å². The Labute approximate surface area is 517 Å². The molecule has 2 aromatic heterocycles. The van der Waals surface area contributed by atoms with Crippen LogP contribution in [0.15, 0.2) is 91.1 Å². The topological polar surface area (TPSA) is 212 Å². The van der Waals surface area contributed by atoms with Crippen LogP contribution in [0.2, 0.25) is 5.04 Å². The minimum Gasteiger partial charge on any atom is -0.478 e. The van der Waals surface area contributed by atoms with Gasteiger partial charge in [-0.2, -0.15) is 13.5 Å². The van der Waals surface area contributed by atoms with Crippen LogP contribution in [0.4, 0.5) is 10.6 Å². The van der Waals surface area contributed by atoms with Gasteiger partial charge in [-0.3, -0.25) is 8.86 Å². The molecule has 0 radical (unpaired) electrons. The lowest BCUT2D eigenvalue weighted by Gasteiger charge is -2.69. The molecule has 1 aliphatic heterocycles. The van der Waals surface area contributed by atoms with Crippen molar-refractivity contribution >= 4 is 52.7 Å². The molecule has 2 unspecified atom stereocenters.